The Morgan fingerprint density at radius 2 is 1.06 bits per heavy atom. The van der Waals surface area contributed by atoms with Gasteiger partial charge in [0.15, 0.2) is 18.9 Å². The predicted octanol–water partition coefficient (Wildman–Crippen LogP) is 3.49. The highest BCUT2D eigenvalue weighted by atomic mass is 16.7. The van der Waals surface area contributed by atoms with Crippen LogP contribution in [0.15, 0.2) is 0 Å². The maximum absolute atomic E-state index is 13.2. The Labute approximate surface area is 302 Å². The molecule has 292 valence electrons. The summed E-state index contributed by atoms with van der Waals surface area (Å²) in [6.07, 6.45) is 14.2. The number of carbonyl (C=O) groups excluding carboxylic acids is 2. The SMILES string of the molecule is CC(C)(C)NC(CCCCNC(CCCCNCCOC1CCCCO1)C(=O)NCCOC1CCCCO1)C(=O)NCCOC1CCCCO1. The molecule has 0 radical (unpaired) electrons. The minimum atomic E-state index is -0.304. The van der Waals surface area contributed by atoms with Crippen molar-refractivity contribution >= 4 is 11.8 Å². The van der Waals surface area contributed by atoms with Gasteiger partial charge >= 0.3 is 0 Å². The van der Waals surface area contributed by atoms with E-state index in [1.807, 2.05) is 0 Å². The summed E-state index contributed by atoms with van der Waals surface area (Å²) < 4.78 is 34.3. The Balaban J connectivity index is 1.34. The fourth-order valence-corrected chi connectivity index (χ4v) is 6.36. The summed E-state index contributed by atoms with van der Waals surface area (Å²) in [4.78, 5) is 26.3. The number of hydrogen-bond donors (Lipinski definition) is 5. The summed E-state index contributed by atoms with van der Waals surface area (Å²) in [6.45, 7) is 13.3. The molecule has 0 aromatic carbocycles. The van der Waals surface area contributed by atoms with Crippen LogP contribution in [0.5, 0.6) is 0 Å². The van der Waals surface area contributed by atoms with E-state index in [0.29, 0.717) is 45.9 Å². The highest BCUT2D eigenvalue weighted by Gasteiger charge is 2.24. The van der Waals surface area contributed by atoms with Crippen LogP contribution in [0.4, 0.5) is 0 Å². The Morgan fingerprint density at radius 1 is 0.600 bits per heavy atom. The average Bonchev–Trinajstić information content (AvgIpc) is 3.12. The molecule has 5 N–H and O–H groups in total. The summed E-state index contributed by atoms with van der Waals surface area (Å²) in [5.41, 5.74) is -0.200. The molecule has 2 amide bonds. The van der Waals surface area contributed by atoms with Gasteiger partial charge in [0, 0.05) is 45.0 Å². The molecular formula is C37H71N5O8. The van der Waals surface area contributed by atoms with Crippen LogP contribution in [0, 0.1) is 0 Å². The van der Waals surface area contributed by atoms with Crippen LogP contribution in [0.2, 0.25) is 0 Å². The lowest BCUT2D eigenvalue weighted by Gasteiger charge is -2.28. The van der Waals surface area contributed by atoms with Crippen LogP contribution < -0.4 is 26.6 Å². The molecule has 50 heavy (non-hydrogen) atoms. The molecule has 3 heterocycles. The van der Waals surface area contributed by atoms with Gasteiger partial charge in [-0.25, -0.2) is 0 Å². The maximum Gasteiger partial charge on any atom is 0.237 e. The van der Waals surface area contributed by atoms with Crippen molar-refractivity contribution in [3.8, 4) is 0 Å². The molecule has 0 aromatic rings. The van der Waals surface area contributed by atoms with Crippen LogP contribution in [0.3, 0.4) is 0 Å². The summed E-state index contributed by atoms with van der Waals surface area (Å²) in [6, 6.07) is -0.589. The van der Waals surface area contributed by atoms with Crippen LogP contribution in [0.1, 0.15) is 117 Å². The molecule has 0 bridgehead atoms. The maximum atomic E-state index is 13.2. The van der Waals surface area contributed by atoms with Gasteiger partial charge in [-0.15, -0.1) is 0 Å². The quantitative estimate of drug-likeness (QED) is 0.0839. The van der Waals surface area contributed by atoms with Crippen molar-refractivity contribution < 1.29 is 38.0 Å². The van der Waals surface area contributed by atoms with E-state index in [2.05, 4.69) is 47.4 Å². The Kier molecular flexibility index (Phi) is 22.7. The summed E-state index contributed by atoms with van der Waals surface area (Å²) in [5.74, 6) is -0.0128. The van der Waals surface area contributed by atoms with Crippen molar-refractivity contribution in [1.29, 1.82) is 0 Å². The second kappa shape index (κ2) is 26.4. The van der Waals surface area contributed by atoms with Crippen molar-refractivity contribution in [1.82, 2.24) is 26.6 Å². The van der Waals surface area contributed by atoms with Gasteiger partial charge in [-0.2, -0.15) is 0 Å². The lowest BCUT2D eigenvalue weighted by atomic mass is 10.0. The molecule has 3 rings (SSSR count). The standard InChI is InChI=1S/C37H71N5O8/c1-37(2,3)42-31(36(44)41-23-29-50-34-18-8-13-26-47-34)15-5-10-20-39-30(35(43)40-22-28-49-33-17-7-12-25-46-33)14-4-9-19-38-21-27-48-32-16-6-11-24-45-32/h30-34,38-39,42H,4-29H2,1-3H3,(H,40,43)(H,41,44). The second-order valence-electron chi connectivity index (χ2n) is 14.8. The monoisotopic (exact) mass is 714 g/mol. The first kappa shape index (κ1) is 43.0. The van der Waals surface area contributed by atoms with Crippen molar-refractivity contribution in [2.45, 2.75) is 154 Å². The number of carbonyl (C=O) groups is 2. The predicted molar refractivity (Wildman–Crippen MR) is 194 cm³/mol. The van der Waals surface area contributed by atoms with Gasteiger partial charge in [0.25, 0.3) is 0 Å². The van der Waals surface area contributed by atoms with E-state index in [-0.39, 0.29) is 48.3 Å². The Morgan fingerprint density at radius 3 is 1.54 bits per heavy atom. The largest absolute Gasteiger partial charge is 0.353 e. The zero-order chi connectivity index (χ0) is 35.7. The molecule has 3 aliphatic rings. The highest BCUT2D eigenvalue weighted by molar-refractivity contribution is 5.82. The molecule has 3 fully saturated rings. The normalized spacial score (nSPS) is 22.9. The van der Waals surface area contributed by atoms with E-state index in [1.54, 1.807) is 0 Å². The fourth-order valence-electron chi connectivity index (χ4n) is 6.36. The van der Waals surface area contributed by atoms with E-state index in [0.717, 1.165) is 116 Å². The molecule has 3 aliphatic heterocycles. The van der Waals surface area contributed by atoms with E-state index >= 15 is 0 Å². The van der Waals surface area contributed by atoms with Crippen molar-refractivity contribution in [3.63, 3.8) is 0 Å². The molecule has 0 aromatic heterocycles. The molecule has 5 atom stereocenters. The molecule has 0 spiro atoms. The summed E-state index contributed by atoms with van der Waals surface area (Å²) in [5, 5.41) is 16.5. The van der Waals surface area contributed by atoms with Crippen LogP contribution in [-0.2, 0) is 38.0 Å². The first-order valence-electron chi connectivity index (χ1n) is 19.8. The summed E-state index contributed by atoms with van der Waals surface area (Å²) >= 11 is 0. The molecule has 13 heteroatoms. The van der Waals surface area contributed by atoms with Crippen molar-refractivity contribution in [2.75, 3.05) is 72.4 Å². The molecule has 0 aliphatic carbocycles. The lowest BCUT2D eigenvalue weighted by Crippen LogP contribution is -2.52. The highest BCUT2D eigenvalue weighted by Crippen LogP contribution is 2.15. The van der Waals surface area contributed by atoms with Gasteiger partial charge in [0.1, 0.15) is 0 Å². The molecular weight excluding hydrogens is 642 g/mol. The zero-order valence-corrected chi connectivity index (χ0v) is 31.5. The van der Waals surface area contributed by atoms with Crippen molar-refractivity contribution in [3.05, 3.63) is 0 Å². The van der Waals surface area contributed by atoms with E-state index in [4.69, 9.17) is 28.4 Å². The summed E-state index contributed by atoms with van der Waals surface area (Å²) in [7, 11) is 0. The minimum Gasteiger partial charge on any atom is -0.353 e. The van der Waals surface area contributed by atoms with Gasteiger partial charge in [0.05, 0.1) is 31.9 Å². The van der Waals surface area contributed by atoms with Crippen LogP contribution >= 0.6 is 0 Å². The van der Waals surface area contributed by atoms with E-state index in [9.17, 15) is 9.59 Å². The Hall–Kier alpha value is -1.42. The number of amides is 2. The fraction of sp³-hybridized carbons (Fsp3) is 0.946. The molecule has 0 saturated carbocycles. The smallest absolute Gasteiger partial charge is 0.237 e. The van der Waals surface area contributed by atoms with Gasteiger partial charge < -0.3 is 55.0 Å². The minimum absolute atomic E-state index is 0.000460. The van der Waals surface area contributed by atoms with Gasteiger partial charge in [0.2, 0.25) is 11.8 Å². The third-order valence-corrected chi connectivity index (χ3v) is 9.05. The molecule has 13 nitrogen and oxygen atoms in total. The topological polar surface area (TPSA) is 150 Å². The third-order valence-electron chi connectivity index (χ3n) is 9.05. The first-order valence-corrected chi connectivity index (χ1v) is 19.8. The number of hydrogen-bond acceptors (Lipinski definition) is 11. The average molecular weight is 714 g/mol. The number of rotatable bonds is 26. The van der Waals surface area contributed by atoms with Crippen LogP contribution in [-0.4, -0.2) is 121 Å². The Bertz CT molecular complexity index is 876. The zero-order valence-electron chi connectivity index (χ0n) is 31.5. The van der Waals surface area contributed by atoms with Gasteiger partial charge in [-0.05, 0) is 117 Å². The van der Waals surface area contributed by atoms with Gasteiger partial charge in [-0.1, -0.05) is 12.8 Å². The number of nitrogens with one attached hydrogen (secondary N) is 5. The van der Waals surface area contributed by atoms with E-state index in [1.165, 1.54) is 6.42 Å². The number of unbranched alkanes of at least 4 members (excludes halogenated alkanes) is 2. The lowest BCUT2D eigenvalue weighted by molar-refractivity contribution is -0.162. The second-order valence-corrected chi connectivity index (χ2v) is 14.8. The van der Waals surface area contributed by atoms with Crippen molar-refractivity contribution in [2.24, 2.45) is 0 Å². The van der Waals surface area contributed by atoms with Gasteiger partial charge in [-0.3, -0.25) is 9.59 Å². The molecule has 3 saturated heterocycles. The van der Waals surface area contributed by atoms with Crippen LogP contribution in [0.25, 0.3) is 0 Å². The third kappa shape index (κ3) is 20.6. The molecule has 5 unspecified atom stereocenters. The first-order chi connectivity index (χ1) is 24.3. The van der Waals surface area contributed by atoms with E-state index < -0.39 is 0 Å². The number of ether oxygens (including phenoxy) is 6.